The minimum absolute atomic E-state index is 0.0918. The van der Waals surface area contributed by atoms with Crippen LogP contribution in [0.5, 0.6) is 0 Å². The van der Waals surface area contributed by atoms with E-state index in [0.29, 0.717) is 18.4 Å². The summed E-state index contributed by atoms with van der Waals surface area (Å²) in [5, 5.41) is 3.22. The highest BCUT2D eigenvalue weighted by molar-refractivity contribution is 9.10. The van der Waals surface area contributed by atoms with Gasteiger partial charge in [-0.15, -0.1) is 0 Å². The highest BCUT2D eigenvalue weighted by Gasteiger charge is 2.41. The lowest BCUT2D eigenvalue weighted by Crippen LogP contribution is -2.54. The summed E-state index contributed by atoms with van der Waals surface area (Å²) in [6, 6.07) is 4.74. The van der Waals surface area contributed by atoms with Gasteiger partial charge >= 0.3 is 0 Å². The van der Waals surface area contributed by atoms with Gasteiger partial charge < -0.3 is 15.0 Å². The Hall–Kier alpha value is -0.980. The van der Waals surface area contributed by atoms with E-state index in [2.05, 4.69) is 21.2 Å². The van der Waals surface area contributed by atoms with Gasteiger partial charge in [-0.1, -0.05) is 15.9 Å². The van der Waals surface area contributed by atoms with Crippen LogP contribution < -0.4 is 5.32 Å². The Morgan fingerprint density at radius 3 is 2.76 bits per heavy atom. The van der Waals surface area contributed by atoms with Crippen LogP contribution in [0.25, 0.3) is 0 Å². The summed E-state index contributed by atoms with van der Waals surface area (Å²) in [5.41, 5.74) is -0.303. The van der Waals surface area contributed by atoms with Gasteiger partial charge in [-0.3, -0.25) is 4.79 Å². The van der Waals surface area contributed by atoms with Crippen molar-refractivity contribution in [2.75, 3.05) is 27.2 Å². The van der Waals surface area contributed by atoms with Gasteiger partial charge in [0.25, 0.3) is 5.91 Å². The molecule has 21 heavy (non-hydrogen) atoms. The van der Waals surface area contributed by atoms with Crippen LogP contribution in [-0.2, 0) is 16.1 Å². The fourth-order valence-corrected chi connectivity index (χ4v) is 3.08. The number of carbonyl (C=O) groups is 1. The highest BCUT2D eigenvalue weighted by atomic mass is 79.9. The predicted molar refractivity (Wildman–Crippen MR) is 82.4 cm³/mol. The Morgan fingerprint density at radius 1 is 1.48 bits per heavy atom. The number of piperidine rings is 1. The molecular weight excluding hydrogens is 339 g/mol. The molecule has 0 bridgehead atoms. The number of likely N-dealkylation sites (N-methyl/N-ethyl adjacent to an activating group) is 1. The molecule has 0 saturated carbocycles. The van der Waals surface area contributed by atoms with E-state index in [1.54, 1.807) is 31.2 Å². The average Bonchev–Trinajstić information content (AvgIpc) is 2.50. The van der Waals surface area contributed by atoms with E-state index in [1.165, 1.54) is 6.07 Å². The van der Waals surface area contributed by atoms with Crippen molar-refractivity contribution in [2.45, 2.75) is 25.0 Å². The summed E-state index contributed by atoms with van der Waals surface area (Å²) < 4.78 is 20.1. The average molecular weight is 359 g/mol. The maximum absolute atomic E-state index is 13.8. The predicted octanol–water partition coefficient (Wildman–Crippen LogP) is 2.32. The number of rotatable bonds is 4. The number of amides is 1. The van der Waals surface area contributed by atoms with Gasteiger partial charge in [0.1, 0.15) is 11.4 Å². The lowest BCUT2D eigenvalue weighted by molar-refractivity contribution is -0.157. The zero-order valence-electron chi connectivity index (χ0n) is 12.3. The highest BCUT2D eigenvalue weighted by Crippen LogP contribution is 2.26. The molecule has 2 rings (SSSR count). The molecule has 1 aromatic carbocycles. The molecule has 0 aliphatic carbocycles. The summed E-state index contributed by atoms with van der Waals surface area (Å²) in [4.78, 5) is 14.2. The van der Waals surface area contributed by atoms with Gasteiger partial charge in [-0.2, -0.15) is 0 Å². The molecule has 1 aliphatic heterocycles. The van der Waals surface area contributed by atoms with Crippen LogP contribution in [-0.4, -0.2) is 43.7 Å². The zero-order chi connectivity index (χ0) is 15.5. The normalized spacial score (nSPS) is 17.5. The van der Waals surface area contributed by atoms with Crippen LogP contribution in [0.4, 0.5) is 4.39 Å². The summed E-state index contributed by atoms with van der Waals surface area (Å²) in [6.45, 7) is 1.72. The third kappa shape index (κ3) is 3.62. The zero-order valence-corrected chi connectivity index (χ0v) is 13.9. The van der Waals surface area contributed by atoms with Crippen molar-refractivity contribution in [3.05, 3.63) is 34.1 Å². The fraction of sp³-hybridized carbons (Fsp3) is 0.533. The number of hydrogen-bond acceptors (Lipinski definition) is 3. The number of nitrogens with zero attached hydrogens (tertiary/aromatic N) is 1. The molecule has 1 fully saturated rings. The van der Waals surface area contributed by atoms with Crippen LogP contribution in [0.2, 0.25) is 0 Å². The summed E-state index contributed by atoms with van der Waals surface area (Å²) in [7, 11) is 3.25. The molecule has 1 amide bonds. The number of methoxy groups -OCH3 is 1. The quantitative estimate of drug-likeness (QED) is 0.897. The molecule has 1 aliphatic rings. The number of carbonyl (C=O) groups excluding carboxylic acids is 1. The maximum Gasteiger partial charge on any atom is 0.254 e. The third-order valence-corrected chi connectivity index (χ3v) is 4.45. The van der Waals surface area contributed by atoms with Gasteiger partial charge in [0.15, 0.2) is 0 Å². The number of halogens is 2. The Morgan fingerprint density at radius 2 is 2.14 bits per heavy atom. The molecule has 1 aromatic rings. The number of benzene rings is 1. The van der Waals surface area contributed by atoms with E-state index in [4.69, 9.17) is 4.74 Å². The number of hydrogen-bond donors (Lipinski definition) is 1. The second-order valence-corrected chi connectivity index (χ2v) is 6.26. The first-order valence-electron chi connectivity index (χ1n) is 6.94. The minimum atomic E-state index is -0.789. The molecule has 1 N–H and O–H groups in total. The number of nitrogens with one attached hydrogen (secondary N) is 1. The Kier molecular flexibility index (Phi) is 5.35. The molecule has 0 atom stereocenters. The van der Waals surface area contributed by atoms with Gasteiger partial charge in [0, 0.05) is 30.7 Å². The molecule has 1 saturated heterocycles. The summed E-state index contributed by atoms with van der Waals surface area (Å²) >= 11 is 3.32. The molecule has 0 aromatic heterocycles. The first-order chi connectivity index (χ1) is 9.98. The first kappa shape index (κ1) is 16.4. The standard InChI is InChI=1S/C15H20BrFN2O2/c1-19(10-11-9-12(16)3-4-13(11)17)14(20)15(21-2)5-7-18-8-6-15/h3-4,9,18H,5-8,10H2,1-2H3. The van der Waals surface area contributed by atoms with Crippen LogP contribution in [0.1, 0.15) is 18.4 Å². The van der Waals surface area contributed by atoms with Crippen molar-refractivity contribution in [1.82, 2.24) is 10.2 Å². The van der Waals surface area contributed by atoms with Gasteiger partial charge in [0.2, 0.25) is 0 Å². The molecule has 0 unspecified atom stereocenters. The van der Waals surface area contributed by atoms with Gasteiger partial charge in [0.05, 0.1) is 0 Å². The van der Waals surface area contributed by atoms with Crippen LogP contribution in [0, 0.1) is 5.82 Å². The molecule has 6 heteroatoms. The molecule has 0 spiro atoms. The van der Waals surface area contributed by atoms with Gasteiger partial charge in [-0.05, 0) is 44.1 Å². The van der Waals surface area contributed by atoms with Crippen molar-refractivity contribution in [2.24, 2.45) is 0 Å². The van der Waals surface area contributed by atoms with Crippen molar-refractivity contribution < 1.29 is 13.9 Å². The Balaban J connectivity index is 2.13. The van der Waals surface area contributed by atoms with Crippen LogP contribution in [0.3, 0.4) is 0 Å². The van der Waals surface area contributed by atoms with Crippen molar-refractivity contribution in [3.63, 3.8) is 0 Å². The van der Waals surface area contributed by atoms with E-state index in [0.717, 1.165) is 17.6 Å². The SMILES string of the molecule is COC1(C(=O)N(C)Cc2cc(Br)ccc2F)CCNCC1. The lowest BCUT2D eigenvalue weighted by Gasteiger charge is -2.37. The smallest absolute Gasteiger partial charge is 0.254 e. The largest absolute Gasteiger partial charge is 0.368 e. The van der Waals surface area contributed by atoms with E-state index >= 15 is 0 Å². The second kappa shape index (κ2) is 6.85. The van der Waals surface area contributed by atoms with E-state index in [1.807, 2.05) is 0 Å². The Bertz CT molecular complexity index is 518. The molecule has 4 nitrogen and oxygen atoms in total. The number of ether oxygens (including phenoxy) is 1. The van der Waals surface area contributed by atoms with Crippen molar-refractivity contribution in [3.8, 4) is 0 Å². The van der Waals surface area contributed by atoms with Crippen LogP contribution >= 0.6 is 15.9 Å². The molecule has 116 valence electrons. The second-order valence-electron chi connectivity index (χ2n) is 5.35. The first-order valence-corrected chi connectivity index (χ1v) is 7.73. The van der Waals surface area contributed by atoms with Crippen LogP contribution in [0.15, 0.2) is 22.7 Å². The molecule has 0 radical (unpaired) electrons. The van der Waals surface area contributed by atoms with E-state index in [9.17, 15) is 9.18 Å². The summed E-state index contributed by atoms with van der Waals surface area (Å²) in [5.74, 6) is -0.402. The molecule has 1 heterocycles. The minimum Gasteiger partial charge on any atom is -0.368 e. The third-order valence-electron chi connectivity index (χ3n) is 3.95. The maximum atomic E-state index is 13.8. The van der Waals surface area contributed by atoms with Crippen molar-refractivity contribution >= 4 is 21.8 Å². The Labute approximate surface area is 132 Å². The lowest BCUT2D eigenvalue weighted by atomic mass is 9.90. The van der Waals surface area contributed by atoms with E-state index < -0.39 is 5.60 Å². The monoisotopic (exact) mass is 358 g/mol. The fourth-order valence-electron chi connectivity index (χ4n) is 2.68. The van der Waals surface area contributed by atoms with E-state index in [-0.39, 0.29) is 18.3 Å². The molecular formula is C15H20BrFN2O2. The topological polar surface area (TPSA) is 41.6 Å². The van der Waals surface area contributed by atoms with Gasteiger partial charge in [-0.25, -0.2) is 4.39 Å². The summed E-state index contributed by atoms with van der Waals surface area (Å²) in [6.07, 6.45) is 1.27. The van der Waals surface area contributed by atoms with Crippen molar-refractivity contribution in [1.29, 1.82) is 0 Å².